The number of hydrogen-bond donors (Lipinski definition) is 3. The molecule has 0 atom stereocenters. The second-order valence-electron chi connectivity index (χ2n) is 8.90. The first-order chi connectivity index (χ1) is 16.1. The Morgan fingerprint density at radius 3 is 2.21 bits per heavy atom. The van der Waals surface area contributed by atoms with Crippen LogP contribution in [0.5, 0.6) is 0 Å². The van der Waals surface area contributed by atoms with Gasteiger partial charge in [0.25, 0.3) is 11.1 Å². The van der Waals surface area contributed by atoms with Gasteiger partial charge in [0.05, 0.1) is 12.0 Å². The van der Waals surface area contributed by atoms with Crippen molar-refractivity contribution < 1.29 is 4.79 Å². The molecule has 2 heterocycles. The van der Waals surface area contributed by atoms with Crippen LogP contribution in [0.15, 0.2) is 64.4 Å². The van der Waals surface area contributed by atoms with Crippen LogP contribution < -0.4 is 21.8 Å². The third-order valence-corrected chi connectivity index (χ3v) is 5.50. The maximum atomic E-state index is 12.8. The van der Waals surface area contributed by atoms with Gasteiger partial charge in [0, 0.05) is 27.3 Å². The van der Waals surface area contributed by atoms with E-state index in [2.05, 4.69) is 19.9 Å². The van der Waals surface area contributed by atoms with Gasteiger partial charge in [0.15, 0.2) is 5.78 Å². The van der Waals surface area contributed by atoms with E-state index >= 15 is 0 Å². The largest absolute Gasteiger partial charge is 0.348 e. The Kier molecular flexibility index (Phi) is 6.22. The Morgan fingerprint density at radius 2 is 1.56 bits per heavy atom. The van der Waals surface area contributed by atoms with Crippen LogP contribution in [0.1, 0.15) is 53.6 Å². The van der Waals surface area contributed by atoms with E-state index in [0.717, 1.165) is 5.69 Å². The molecule has 0 aliphatic carbocycles. The summed E-state index contributed by atoms with van der Waals surface area (Å²) < 4.78 is 0. The first kappa shape index (κ1) is 23.2. The van der Waals surface area contributed by atoms with Crippen LogP contribution in [-0.2, 0) is 5.41 Å². The van der Waals surface area contributed by atoms with E-state index in [1.807, 2.05) is 20.8 Å². The van der Waals surface area contributed by atoms with Crippen molar-refractivity contribution in [1.29, 1.82) is 0 Å². The standard InChI is InChI=1S/C26H23ClN4O3/c1-26(2,3)23-19(28-14-29-23)13-21-25(34)30-20(24(33)31-21)12-15-5-4-6-17(11-15)22(32)16-7-9-18(27)10-8-16/h4-14H,1-3H3,(H,28,29)(H,30,34)(H,31,33)/b20-12-,21-13-. The topological polar surface area (TPSA) is 111 Å². The van der Waals surface area contributed by atoms with Crippen molar-refractivity contribution in [3.8, 4) is 0 Å². The van der Waals surface area contributed by atoms with Gasteiger partial charge < -0.3 is 15.0 Å². The van der Waals surface area contributed by atoms with Crippen LogP contribution in [0.4, 0.5) is 0 Å². The van der Waals surface area contributed by atoms with E-state index in [4.69, 9.17) is 11.6 Å². The van der Waals surface area contributed by atoms with Gasteiger partial charge in [-0.1, -0.05) is 50.6 Å². The highest BCUT2D eigenvalue weighted by Crippen LogP contribution is 2.22. The van der Waals surface area contributed by atoms with E-state index in [9.17, 15) is 14.4 Å². The number of imidazole rings is 1. The van der Waals surface area contributed by atoms with Crippen LogP contribution in [0.3, 0.4) is 0 Å². The van der Waals surface area contributed by atoms with E-state index in [-0.39, 0.29) is 21.9 Å². The number of hydrogen-bond acceptors (Lipinski definition) is 4. The average molecular weight is 475 g/mol. The van der Waals surface area contributed by atoms with Crippen molar-refractivity contribution in [2.45, 2.75) is 26.2 Å². The first-order valence-corrected chi connectivity index (χ1v) is 11.0. The number of aromatic nitrogens is 4. The minimum atomic E-state index is -0.465. The fourth-order valence-corrected chi connectivity index (χ4v) is 3.68. The zero-order chi connectivity index (χ0) is 24.5. The normalized spacial score (nSPS) is 12.8. The van der Waals surface area contributed by atoms with E-state index in [1.165, 1.54) is 6.08 Å². The fraction of sp³-hybridized carbons (Fsp3) is 0.154. The zero-order valence-corrected chi connectivity index (χ0v) is 19.7. The van der Waals surface area contributed by atoms with Crippen LogP contribution in [0.2, 0.25) is 5.02 Å². The Balaban J connectivity index is 1.72. The molecule has 0 fully saturated rings. The lowest BCUT2D eigenvalue weighted by Gasteiger charge is -2.16. The number of nitrogens with zero attached hydrogens (tertiary/aromatic N) is 1. The van der Waals surface area contributed by atoms with Gasteiger partial charge in [0.2, 0.25) is 0 Å². The molecular formula is C26H23ClN4O3. The summed E-state index contributed by atoms with van der Waals surface area (Å²) in [5.41, 5.74) is 1.85. The lowest BCUT2D eigenvalue weighted by Crippen LogP contribution is -2.46. The molecule has 8 heteroatoms. The fourth-order valence-electron chi connectivity index (χ4n) is 3.55. The number of H-pyrrole nitrogens is 3. The van der Waals surface area contributed by atoms with Gasteiger partial charge in [0.1, 0.15) is 10.7 Å². The molecule has 0 amide bonds. The van der Waals surface area contributed by atoms with E-state index in [1.54, 1.807) is 60.9 Å². The monoisotopic (exact) mass is 474 g/mol. The van der Waals surface area contributed by atoms with E-state index in [0.29, 0.717) is 27.4 Å². The highest BCUT2D eigenvalue weighted by atomic mass is 35.5. The highest BCUT2D eigenvalue weighted by Gasteiger charge is 2.19. The quantitative estimate of drug-likeness (QED) is 0.395. The van der Waals surface area contributed by atoms with Crippen molar-refractivity contribution in [2.24, 2.45) is 0 Å². The number of nitrogens with one attached hydrogen (secondary N) is 3. The summed E-state index contributed by atoms with van der Waals surface area (Å²) in [5, 5.41) is 0.729. The number of carbonyl (C=O) groups is 1. The smallest absolute Gasteiger partial charge is 0.272 e. The molecule has 172 valence electrons. The highest BCUT2D eigenvalue weighted by molar-refractivity contribution is 6.30. The number of benzene rings is 2. The maximum Gasteiger partial charge on any atom is 0.272 e. The second kappa shape index (κ2) is 9.11. The number of aromatic amines is 3. The molecule has 3 N–H and O–H groups in total. The molecule has 4 aromatic rings. The van der Waals surface area contributed by atoms with Crippen molar-refractivity contribution in [1.82, 2.24) is 19.9 Å². The third kappa shape index (κ3) is 5.00. The van der Waals surface area contributed by atoms with Crippen LogP contribution in [-0.4, -0.2) is 25.7 Å². The minimum Gasteiger partial charge on any atom is -0.348 e. The van der Waals surface area contributed by atoms with Gasteiger partial charge >= 0.3 is 0 Å². The minimum absolute atomic E-state index is 0.0799. The number of rotatable bonds is 4. The predicted octanol–water partition coefficient (Wildman–Crippen LogP) is 2.63. The molecular weight excluding hydrogens is 452 g/mol. The summed E-state index contributed by atoms with van der Waals surface area (Å²) in [4.78, 5) is 50.8. The Hall–Kier alpha value is -3.97. The summed E-state index contributed by atoms with van der Waals surface area (Å²) in [6.45, 7) is 6.07. The van der Waals surface area contributed by atoms with Crippen molar-refractivity contribution in [3.05, 3.63) is 119 Å². The van der Waals surface area contributed by atoms with Gasteiger partial charge in [-0.25, -0.2) is 4.98 Å². The summed E-state index contributed by atoms with van der Waals surface area (Å²) in [6.07, 6.45) is 4.63. The molecule has 2 aromatic heterocycles. The molecule has 7 nitrogen and oxygen atoms in total. The van der Waals surface area contributed by atoms with Crippen molar-refractivity contribution in [3.63, 3.8) is 0 Å². The van der Waals surface area contributed by atoms with E-state index < -0.39 is 11.1 Å². The summed E-state index contributed by atoms with van der Waals surface area (Å²) in [5.74, 6) is -0.173. The van der Waals surface area contributed by atoms with Crippen molar-refractivity contribution in [2.75, 3.05) is 0 Å². The van der Waals surface area contributed by atoms with Gasteiger partial charge in [-0.05, 0) is 48.0 Å². The molecule has 0 saturated heterocycles. The molecule has 0 spiro atoms. The summed E-state index contributed by atoms with van der Waals surface area (Å²) >= 11 is 5.90. The lowest BCUT2D eigenvalue weighted by molar-refractivity contribution is 0.103. The number of halogens is 1. The second-order valence-corrected chi connectivity index (χ2v) is 9.33. The Morgan fingerprint density at radius 1 is 0.912 bits per heavy atom. The maximum absolute atomic E-state index is 12.8. The molecule has 2 aromatic carbocycles. The molecule has 34 heavy (non-hydrogen) atoms. The lowest BCUT2D eigenvalue weighted by atomic mass is 9.90. The van der Waals surface area contributed by atoms with Crippen molar-refractivity contribution >= 4 is 29.5 Å². The number of ketones is 1. The van der Waals surface area contributed by atoms with Crippen LogP contribution in [0, 0.1) is 0 Å². The van der Waals surface area contributed by atoms with Crippen LogP contribution >= 0.6 is 11.6 Å². The molecule has 0 unspecified atom stereocenters. The third-order valence-electron chi connectivity index (χ3n) is 5.25. The van der Waals surface area contributed by atoms with Gasteiger partial charge in [-0.3, -0.25) is 14.4 Å². The summed E-state index contributed by atoms with van der Waals surface area (Å²) in [6, 6.07) is 13.4. The molecule has 4 rings (SSSR count). The predicted molar refractivity (Wildman–Crippen MR) is 133 cm³/mol. The Bertz CT molecular complexity index is 1600. The van der Waals surface area contributed by atoms with Crippen LogP contribution in [0.25, 0.3) is 12.2 Å². The average Bonchev–Trinajstić information content (AvgIpc) is 3.26. The Labute approximate surface area is 199 Å². The first-order valence-electron chi connectivity index (χ1n) is 10.6. The molecule has 0 saturated carbocycles. The van der Waals surface area contributed by atoms with Gasteiger partial charge in [-0.2, -0.15) is 0 Å². The molecule has 0 aliphatic heterocycles. The number of carbonyl (C=O) groups excluding carboxylic acids is 1. The zero-order valence-electron chi connectivity index (χ0n) is 18.9. The molecule has 0 aliphatic rings. The van der Waals surface area contributed by atoms with Gasteiger partial charge in [-0.15, -0.1) is 0 Å². The molecule has 0 bridgehead atoms. The summed E-state index contributed by atoms with van der Waals surface area (Å²) in [7, 11) is 0. The SMILES string of the molecule is CC(C)(C)c1[nH]cnc1/C=c1\[nH]c(=O)/c(=C/c2cccc(C(=O)c3ccc(Cl)cc3)c2)[nH]c1=O. The molecule has 0 radical (unpaired) electrons.